The van der Waals surface area contributed by atoms with Gasteiger partial charge in [-0.15, -0.1) is 0 Å². The highest BCUT2D eigenvalue weighted by molar-refractivity contribution is 9.10. The van der Waals surface area contributed by atoms with Crippen LogP contribution in [0.4, 0.5) is 4.39 Å². The molecule has 1 aromatic carbocycles. The minimum absolute atomic E-state index is 0.0125. The van der Waals surface area contributed by atoms with Gasteiger partial charge in [0, 0.05) is 13.7 Å². The Kier molecular flexibility index (Phi) is 5.54. The van der Waals surface area contributed by atoms with Crippen molar-refractivity contribution in [2.45, 2.75) is 6.10 Å². The van der Waals surface area contributed by atoms with Crippen molar-refractivity contribution in [3.63, 3.8) is 0 Å². The molecule has 1 unspecified atom stereocenters. The van der Waals surface area contributed by atoms with Crippen molar-refractivity contribution in [2.75, 3.05) is 20.3 Å². The summed E-state index contributed by atoms with van der Waals surface area (Å²) < 4.78 is 18.5. The monoisotopic (exact) mass is 305 g/mol. The lowest BCUT2D eigenvalue weighted by molar-refractivity contribution is 0.0609. The molecule has 0 aliphatic heterocycles. The number of hydrogen-bond donors (Lipinski definition) is 2. The van der Waals surface area contributed by atoms with Gasteiger partial charge in [-0.1, -0.05) is 6.07 Å². The maximum Gasteiger partial charge on any atom is 0.254 e. The third-order valence-corrected chi connectivity index (χ3v) is 2.67. The van der Waals surface area contributed by atoms with Crippen LogP contribution in [0.15, 0.2) is 22.7 Å². The number of carbonyl (C=O) groups excluding carboxylic acids is 1. The van der Waals surface area contributed by atoms with Gasteiger partial charge in [0.2, 0.25) is 0 Å². The lowest BCUT2D eigenvalue weighted by Gasteiger charge is -2.11. The molecular weight excluding hydrogens is 293 g/mol. The van der Waals surface area contributed by atoms with E-state index in [0.717, 1.165) is 0 Å². The third kappa shape index (κ3) is 4.07. The minimum Gasteiger partial charge on any atom is -0.389 e. The SMILES string of the molecule is COCC(O)CNC(=O)c1cccc(Br)c1F. The zero-order chi connectivity index (χ0) is 12.8. The molecule has 0 aliphatic carbocycles. The Labute approximate surface area is 107 Å². The molecule has 0 saturated carbocycles. The molecule has 4 nitrogen and oxygen atoms in total. The lowest BCUT2D eigenvalue weighted by Crippen LogP contribution is -2.34. The molecular formula is C11H13BrFNO3. The van der Waals surface area contributed by atoms with Gasteiger partial charge in [0.1, 0.15) is 5.82 Å². The second-order valence-corrected chi connectivity index (χ2v) is 4.27. The number of rotatable bonds is 5. The number of nitrogens with one attached hydrogen (secondary N) is 1. The van der Waals surface area contributed by atoms with Crippen LogP contribution in [0.25, 0.3) is 0 Å². The van der Waals surface area contributed by atoms with Crippen LogP contribution < -0.4 is 5.32 Å². The van der Waals surface area contributed by atoms with E-state index >= 15 is 0 Å². The second kappa shape index (κ2) is 6.68. The number of aliphatic hydroxyl groups excluding tert-OH is 1. The van der Waals surface area contributed by atoms with Crippen LogP contribution in [0.5, 0.6) is 0 Å². The molecule has 17 heavy (non-hydrogen) atoms. The number of benzene rings is 1. The molecule has 0 heterocycles. The summed E-state index contributed by atoms with van der Waals surface area (Å²) in [6.45, 7) is 0.125. The lowest BCUT2D eigenvalue weighted by atomic mass is 10.2. The Balaban J connectivity index is 2.61. The van der Waals surface area contributed by atoms with Gasteiger partial charge in [0.15, 0.2) is 0 Å². The molecule has 0 aromatic heterocycles. The van der Waals surface area contributed by atoms with Crippen molar-refractivity contribution in [1.82, 2.24) is 5.32 Å². The Morgan fingerprint density at radius 2 is 2.35 bits per heavy atom. The van der Waals surface area contributed by atoms with Crippen LogP contribution >= 0.6 is 15.9 Å². The number of carbonyl (C=O) groups is 1. The van der Waals surface area contributed by atoms with E-state index in [2.05, 4.69) is 21.2 Å². The highest BCUT2D eigenvalue weighted by Gasteiger charge is 2.14. The number of hydrogen-bond acceptors (Lipinski definition) is 3. The van der Waals surface area contributed by atoms with Gasteiger partial charge in [0.05, 0.1) is 22.7 Å². The zero-order valence-electron chi connectivity index (χ0n) is 9.24. The van der Waals surface area contributed by atoms with Crippen molar-refractivity contribution in [2.24, 2.45) is 0 Å². The Morgan fingerprint density at radius 1 is 1.65 bits per heavy atom. The Morgan fingerprint density at radius 3 is 3.00 bits per heavy atom. The van der Waals surface area contributed by atoms with Crippen molar-refractivity contribution >= 4 is 21.8 Å². The molecule has 0 fully saturated rings. The van der Waals surface area contributed by atoms with E-state index in [0.29, 0.717) is 0 Å². The van der Waals surface area contributed by atoms with E-state index in [1.165, 1.54) is 19.2 Å². The summed E-state index contributed by atoms with van der Waals surface area (Å²) in [6, 6.07) is 4.44. The Bertz CT molecular complexity index is 400. The van der Waals surface area contributed by atoms with Gasteiger partial charge in [-0.05, 0) is 28.1 Å². The van der Waals surface area contributed by atoms with Gasteiger partial charge >= 0.3 is 0 Å². The summed E-state index contributed by atoms with van der Waals surface area (Å²) in [5, 5.41) is 11.7. The van der Waals surface area contributed by atoms with Crippen molar-refractivity contribution in [3.8, 4) is 0 Å². The fourth-order valence-electron chi connectivity index (χ4n) is 1.24. The number of ether oxygens (including phenoxy) is 1. The molecule has 1 atom stereocenters. The summed E-state index contributed by atoms with van der Waals surface area (Å²) in [7, 11) is 1.44. The molecule has 1 rings (SSSR count). The van der Waals surface area contributed by atoms with E-state index < -0.39 is 17.8 Å². The predicted octanol–water partition coefficient (Wildman–Crippen LogP) is 1.33. The van der Waals surface area contributed by atoms with Crippen LogP contribution in [0.1, 0.15) is 10.4 Å². The van der Waals surface area contributed by atoms with Crippen LogP contribution in [0, 0.1) is 5.82 Å². The smallest absolute Gasteiger partial charge is 0.254 e. The predicted molar refractivity (Wildman–Crippen MR) is 64.3 cm³/mol. The molecule has 0 saturated heterocycles. The van der Waals surface area contributed by atoms with E-state index in [1.54, 1.807) is 6.07 Å². The van der Waals surface area contributed by atoms with Crippen molar-refractivity contribution in [1.29, 1.82) is 0 Å². The molecule has 1 aromatic rings. The highest BCUT2D eigenvalue weighted by Crippen LogP contribution is 2.18. The van der Waals surface area contributed by atoms with Gasteiger partial charge < -0.3 is 15.2 Å². The maximum atomic E-state index is 13.5. The summed E-state index contributed by atoms with van der Waals surface area (Å²) >= 11 is 2.99. The number of aliphatic hydroxyl groups is 1. The van der Waals surface area contributed by atoms with E-state index in [1.807, 2.05) is 0 Å². The van der Waals surface area contributed by atoms with Crippen molar-refractivity contribution in [3.05, 3.63) is 34.1 Å². The fourth-order valence-corrected chi connectivity index (χ4v) is 1.60. The number of methoxy groups -OCH3 is 1. The average molecular weight is 306 g/mol. The first-order valence-corrected chi connectivity index (χ1v) is 5.74. The third-order valence-electron chi connectivity index (χ3n) is 2.05. The number of halogens is 2. The molecule has 1 amide bonds. The molecule has 0 bridgehead atoms. The standard InChI is InChI=1S/C11H13BrFNO3/c1-17-6-7(15)5-14-11(16)8-3-2-4-9(12)10(8)13/h2-4,7,15H,5-6H2,1H3,(H,14,16). The van der Waals surface area contributed by atoms with Gasteiger partial charge in [-0.2, -0.15) is 0 Å². The van der Waals surface area contributed by atoms with E-state index in [4.69, 9.17) is 4.74 Å². The molecule has 6 heteroatoms. The summed E-state index contributed by atoms with van der Waals surface area (Å²) in [4.78, 5) is 11.6. The summed E-state index contributed by atoms with van der Waals surface area (Å²) in [5.41, 5.74) is -0.0657. The van der Waals surface area contributed by atoms with Crippen LogP contribution in [0.3, 0.4) is 0 Å². The molecule has 0 spiro atoms. The summed E-state index contributed by atoms with van der Waals surface area (Å²) in [5.74, 6) is -1.19. The molecule has 94 valence electrons. The van der Waals surface area contributed by atoms with Crippen LogP contribution in [-0.2, 0) is 4.74 Å². The fraction of sp³-hybridized carbons (Fsp3) is 0.364. The minimum atomic E-state index is -0.806. The maximum absolute atomic E-state index is 13.5. The van der Waals surface area contributed by atoms with Crippen LogP contribution in [-0.4, -0.2) is 37.4 Å². The Hall–Kier alpha value is -0.980. The van der Waals surface area contributed by atoms with E-state index in [-0.39, 0.29) is 23.2 Å². The summed E-state index contributed by atoms with van der Waals surface area (Å²) in [6.07, 6.45) is -0.806. The molecule has 2 N–H and O–H groups in total. The molecule has 0 radical (unpaired) electrons. The van der Waals surface area contributed by atoms with Crippen molar-refractivity contribution < 1.29 is 19.0 Å². The average Bonchev–Trinajstić information content (AvgIpc) is 2.30. The normalized spacial score (nSPS) is 12.2. The van der Waals surface area contributed by atoms with Gasteiger partial charge in [-0.3, -0.25) is 4.79 Å². The van der Waals surface area contributed by atoms with Gasteiger partial charge in [0.25, 0.3) is 5.91 Å². The zero-order valence-corrected chi connectivity index (χ0v) is 10.8. The number of amides is 1. The second-order valence-electron chi connectivity index (χ2n) is 3.42. The molecule has 0 aliphatic rings. The largest absolute Gasteiger partial charge is 0.389 e. The first-order valence-electron chi connectivity index (χ1n) is 4.95. The first kappa shape index (κ1) is 14.1. The quantitative estimate of drug-likeness (QED) is 0.863. The van der Waals surface area contributed by atoms with Gasteiger partial charge in [-0.25, -0.2) is 4.39 Å². The first-order chi connectivity index (χ1) is 8.06. The highest BCUT2D eigenvalue weighted by atomic mass is 79.9. The van der Waals surface area contributed by atoms with Crippen LogP contribution in [0.2, 0.25) is 0 Å². The topological polar surface area (TPSA) is 58.6 Å². The van der Waals surface area contributed by atoms with E-state index in [9.17, 15) is 14.3 Å².